The van der Waals surface area contributed by atoms with Crippen molar-refractivity contribution in [3.63, 3.8) is 0 Å². The van der Waals surface area contributed by atoms with Crippen LogP contribution >= 0.6 is 0 Å². The van der Waals surface area contributed by atoms with E-state index in [9.17, 15) is 14.7 Å². The van der Waals surface area contributed by atoms with E-state index in [1.54, 1.807) is 12.1 Å². The number of carbonyl (C=O) groups is 1. The van der Waals surface area contributed by atoms with Crippen molar-refractivity contribution in [3.8, 4) is 5.75 Å². The van der Waals surface area contributed by atoms with Gasteiger partial charge in [-0.15, -0.1) is 0 Å². The predicted octanol–water partition coefficient (Wildman–Crippen LogP) is 3.46. The van der Waals surface area contributed by atoms with E-state index in [2.05, 4.69) is 48.5 Å². The molecule has 1 amide bonds. The van der Waals surface area contributed by atoms with Crippen LogP contribution in [-0.2, 0) is 17.6 Å². The highest BCUT2D eigenvalue weighted by molar-refractivity contribution is 5.87. The maximum Gasteiger partial charge on any atom is 0.248 e. The second-order valence-electron chi connectivity index (χ2n) is 10.5. The van der Waals surface area contributed by atoms with Gasteiger partial charge in [-0.25, -0.2) is 0 Å². The Labute approximate surface area is 213 Å². The highest BCUT2D eigenvalue weighted by Gasteiger charge is 2.20. The summed E-state index contributed by atoms with van der Waals surface area (Å²) < 4.78 is 0. The fourth-order valence-corrected chi connectivity index (χ4v) is 4.30. The van der Waals surface area contributed by atoms with Crippen molar-refractivity contribution in [2.45, 2.75) is 40.0 Å². The van der Waals surface area contributed by atoms with Gasteiger partial charge in [-0.1, -0.05) is 57.2 Å². The van der Waals surface area contributed by atoms with E-state index in [0.29, 0.717) is 38.1 Å². The van der Waals surface area contributed by atoms with Gasteiger partial charge in [0.25, 0.3) is 0 Å². The fraction of sp³-hybridized carbons (Fsp3) is 0.448. The standard InChI is InChI=1S/C29H40N4O3/c1-29(2,3)21-33(27(36)15-18-30-16-13-22-7-5-4-6-8-22)20-19-31-17-14-23-9-11-25(34)28-24(23)10-12-26(35)32-28/h4-12,30-31,34H,13-21H2,1-3H3,(H,32,35). The van der Waals surface area contributed by atoms with Gasteiger partial charge in [0.2, 0.25) is 11.5 Å². The van der Waals surface area contributed by atoms with E-state index in [1.165, 1.54) is 11.6 Å². The summed E-state index contributed by atoms with van der Waals surface area (Å²) in [7, 11) is 0. The third-order valence-corrected chi connectivity index (χ3v) is 6.06. The predicted molar refractivity (Wildman–Crippen MR) is 146 cm³/mol. The van der Waals surface area contributed by atoms with Gasteiger partial charge in [0, 0.05) is 44.1 Å². The molecule has 36 heavy (non-hydrogen) atoms. The van der Waals surface area contributed by atoms with E-state index in [4.69, 9.17) is 0 Å². The molecule has 0 aliphatic carbocycles. The molecule has 1 aromatic heterocycles. The van der Waals surface area contributed by atoms with Crippen LogP contribution in [0.3, 0.4) is 0 Å². The number of hydrogen-bond donors (Lipinski definition) is 4. The van der Waals surface area contributed by atoms with Gasteiger partial charge in [-0.2, -0.15) is 0 Å². The van der Waals surface area contributed by atoms with Crippen molar-refractivity contribution in [2.75, 3.05) is 39.3 Å². The second kappa shape index (κ2) is 13.2. The van der Waals surface area contributed by atoms with Gasteiger partial charge in [0.15, 0.2) is 0 Å². The normalized spacial score (nSPS) is 11.6. The Balaban J connectivity index is 1.43. The Morgan fingerprint density at radius 2 is 1.64 bits per heavy atom. The Kier molecular flexibility index (Phi) is 10.1. The first-order valence-electron chi connectivity index (χ1n) is 12.8. The minimum absolute atomic E-state index is 0.0261. The van der Waals surface area contributed by atoms with Gasteiger partial charge in [-0.05, 0) is 54.6 Å². The Hall–Kier alpha value is -3.16. The summed E-state index contributed by atoms with van der Waals surface area (Å²) in [6.45, 7) is 10.8. The molecule has 1 heterocycles. The average molecular weight is 493 g/mol. The largest absolute Gasteiger partial charge is 0.506 e. The van der Waals surface area contributed by atoms with Gasteiger partial charge < -0.3 is 25.6 Å². The summed E-state index contributed by atoms with van der Waals surface area (Å²) in [5.74, 6) is 0.248. The molecule has 194 valence electrons. The molecule has 0 aliphatic heterocycles. The third-order valence-electron chi connectivity index (χ3n) is 6.06. The SMILES string of the molecule is CC(C)(C)CN(CCNCCc1ccc(O)c2[nH]c(=O)ccc12)C(=O)CCNCCc1ccccc1. The van der Waals surface area contributed by atoms with E-state index in [1.807, 2.05) is 29.2 Å². The summed E-state index contributed by atoms with van der Waals surface area (Å²) in [5.41, 5.74) is 2.61. The maximum atomic E-state index is 13.0. The van der Waals surface area contributed by atoms with Crippen LogP contribution in [0, 0.1) is 5.41 Å². The van der Waals surface area contributed by atoms with Gasteiger partial charge in [0.1, 0.15) is 5.75 Å². The van der Waals surface area contributed by atoms with Crippen molar-refractivity contribution in [3.05, 3.63) is 76.1 Å². The molecular formula is C29H40N4O3. The molecule has 0 saturated carbocycles. The zero-order valence-corrected chi connectivity index (χ0v) is 21.8. The van der Waals surface area contributed by atoms with Crippen molar-refractivity contribution in [1.29, 1.82) is 0 Å². The number of aromatic hydroxyl groups is 1. The van der Waals surface area contributed by atoms with Crippen molar-refractivity contribution >= 4 is 16.8 Å². The first-order chi connectivity index (χ1) is 17.2. The second-order valence-corrected chi connectivity index (χ2v) is 10.5. The number of nitrogens with zero attached hydrogens (tertiary/aromatic N) is 1. The highest BCUT2D eigenvalue weighted by atomic mass is 16.3. The summed E-state index contributed by atoms with van der Waals surface area (Å²) in [6.07, 6.45) is 2.20. The molecule has 0 bridgehead atoms. The Morgan fingerprint density at radius 1 is 0.917 bits per heavy atom. The third kappa shape index (κ3) is 8.81. The van der Waals surface area contributed by atoms with Gasteiger partial charge in [0.05, 0.1) is 5.52 Å². The number of amides is 1. The first kappa shape index (κ1) is 27.4. The molecule has 3 aromatic rings. The highest BCUT2D eigenvalue weighted by Crippen LogP contribution is 2.24. The number of phenols is 1. The van der Waals surface area contributed by atoms with Crippen LogP contribution in [0.25, 0.3) is 10.9 Å². The fourth-order valence-electron chi connectivity index (χ4n) is 4.30. The van der Waals surface area contributed by atoms with Crippen molar-refractivity contribution in [1.82, 2.24) is 20.5 Å². The number of benzene rings is 2. The molecule has 0 aliphatic rings. The van der Waals surface area contributed by atoms with Gasteiger partial charge in [-0.3, -0.25) is 9.59 Å². The van der Waals surface area contributed by atoms with Gasteiger partial charge >= 0.3 is 0 Å². The smallest absolute Gasteiger partial charge is 0.248 e. The number of pyridine rings is 1. The zero-order chi connectivity index (χ0) is 26.0. The minimum atomic E-state index is -0.233. The summed E-state index contributed by atoms with van der Waals surface area (Å²) in [6, 6.07) is 17.1. The molecule has 0 saturated heterocycles. The molecule has 0 unspecified atom stereocenters. The average Bonchev–Trinajstić information content (AvgIpc) is 2.84. The molecule has 0 spiro atoms. The van der Waals surface area contributed by atoms with Crippen LogP contribution in [0.4, 0.5) is 0 Å². The molecule has 0 radical (unpaired) electrons. The van der Waals surface area contributed by atoms with Crippen LogP contribution < -0.4 is 16.2 Å². The van der Waals surface area contributed by atoms with Crippen LogP contribution in [0.2, 0.25) is 0 Å². The number of fused-ring (bicyclic) bond motifs is 1. The molecule has 7 heteroatoms. The monoisotopic (exact) mass is 492 g/mol. The number of rotatable bonds is 13. The molecule has 0 atom stereocenters. The summed E-state index contributed by atoms with van der Waals surface area (Å²) in [5, 5.41) is 17.7. The molecule has 7 nitrogen and oxygen atoms in total. The van der Waals surface area contributed by atoms with E-state index in [-0.39, 0.29) is 22.6 Å². The molecule has 0 fully saturated rings. The number of aromatic nitrogens is 1. The topological polar surface area (TPSA) is 97.5 Å². The number of carbonyl (C=O) groups excluding carboxylic acids is 1. The van der Waals surface area contributed by atoms with Crippen LogP contribution in [0.5, 0.6) is 5.75 Å². The summed E-state index contributed by atoms with van der Waals surface area (Å²) >= 11 is 0. The molecular weight excluding hydrogens is 452 g/mol. The molecule has 2 aromatic carbocycles. The Morgan fingerprint density at radius 3 is 2.39 bits per heavy atom. The Bertz CT molecular complexity index is 1170. The summed E-state index contributed by atoms with van der Waals surface area (Å²) in [4.78, 5) is 29.2. The number of hydrogen-bond acceptors (Lipinski definition) is 5. The lowest BCUT2D eigenvalue weighted by Gasteiger charge is -2.30. The number of nitrogens with one attached hydrogen (secondary N) is 3. The zero-order valence-electron chi connectivity index (χ0n) is 21.8. The minimum Gasteiger partial charge on any atom is -0.506 e. The van der Waals surface area contributed by atoms with E-state index < -0.39 is 0 Å². The lowest BCUT2D eigenvalue weighted by Crippen LogP contribution is -2.42. The van der Waals surface area contributed by atoms with E-state index in [0.717, 1.165) is 36.9 Å². The quantitative estimate of drug-likeness (QED) is 0.274. The van der Waals surface area contributed by atoms with Crippen molar-refractivity contribution < 1.29 is 9.90 Å². The number of H-pyrrole nitrogens is 1. The first-order valence-corrected chi connectivity index (χ1v) is 12.8. The van der Waals surface area contributed by atoms with E-state index >= 15 is 0 Å². The number of phenolic OH excluding ortho intramolecular Hbond substituents is 1. The van der Waals surface area contributed by atoms with Crippen LogP contribution in [0.1, 0.15) is 38.3 Å². The number of aromatic amines is 1. The maximum absolute atomic E-state index is 13.0. The van der Waals surface area contributed by atoms with Crippen molar-refractivity contribution in [2.24, 2.45) is 5.41 Å². The lowest BCUT2D eigenvalue weighted by molar-refractivity contribution is -0.132. The van der Waals surface area contributed by atoms with Crippen LogP contribution in [-0.4, -0.2) is 60.2 Å². The van der Waals surface area contributed by atoms with Crippen LogP contribution in [0.15, 0.2) is 59.4 Å². The molecule has 4 N–H and O–H groups in total. The molecule has 3 rings (SSSR count). The lowest BCUT2D eigenvalue weighted by atomic mass is 9.96.